The number of carboxylic acid groups (broad SMARTS) is 1. The van der Waals surface area contributed by atoms with E-state index in [4.69, 9.17) is 41.3 Å². The summed E-state index contributed by atoms with van der Waals surface area (Å²) >= 11 is 8.54. The van der Waals surface area contributed by atoms with Crippen molar-refractivity contribution >= 4 is 56.6 Å². The van der Waals surface area contributed by atoms with Gasteiger partial charge in [0.15, 0.2) is 5.82 Å². The van der Waals surface area contributed by atoms with Crippen molar-refractivity contribution in [3.63, 3.8) is 0 Å². The number of nitrogens with one attached hydrogen (secondary N) is 2. The van der Waals surface area contributed by atoms with Crippen LogP contribution in [0.1, 0.15) is 48.7 Å². The van der Waals surface area contributed by atoms with Crippen LogP contribution in [0.25, 0.3) is 43.2 Å². The molecule has 2 amide bonds. The van der Waals surface area contributed by atoms with E-state index < -0.39 is 30.0 Å². The molecule has 8 aromatic rings. The zero-order valence-electron chi connectivity index (χ0n) is 47.4. The van der Waals surface area contributed by atoms with Crippen LogP contribution < -0.4 is 40.4 Å². The van der Waals surface area contributed by atoms with E-state index in [1.165, 1.54) is 35.4 Å². The lowest BCUT2D eigenvalue weighted by Crippen LogP contribution is -2.57. The molecule has 4 heterocycles. The van der Waals surface area contributed by atoms with Crippen molar-refractivity contribution in [2.24, 2.45) is 11.7 Å². The summed E-state index contributed by atoms with van der Waals surface area (Å²) < 4.78 is 39.8. The molecular formula is C63H67ClFN9O8S. The lowest BCUT2D eigenvalue weighted by molar-refractivity contribution is -0.926. The molecule has 17 nitrogen and oxygen atoms in total. The van der Waals surface area contributed by atoms with Gasteiger partial charge in [0.25, 0.3) is 0 Å². The first-order chi connectivity index (χ1) is 39.9. The number of nitrogens with zero attached hydrogens (tertiary/aromatic N) is 6. The number of likely N-dealkylation sites (N-methyl/N-ethyl adjacent to an activating group) is 1. The number of rotatable bonds is 23. The molecule has 0 unspecified atom stereocenters. The van der Waals surface area contributed by atoms with E-state index in [1.54, 1.807) is 62.7 Å². The van der Waals surface area contributed by atoms with Gasteiger partial charge in [0.05, 0.1) is 60.9 Å². The van der Waals surface area contributed by atoms with Gasteiger partial charge < -0.3 is 49.7 Å². The predicted molar refractivity (Wildman–Crippen MR) is 318 cm³/mol. The molecule has 1 aliphatic rings. The number of aliphatic carboxylic acids is 1. The van der Waals surface area contributed by atoms with Gasteiger partial charge in [0.1, 0.15) is 66.1 Å². The first-order valence-electron chi connectivity index (χ1n) is 27.4. The second-order valence-corrected chi connectivity index (χ2v) is 22.7. The summed E-state index contributed by atoms with van der Waals surface area (Å²) in [5.74, 6) is -0.571. The first-order valence-corrected chi connectivity index (χ1v) is 28.6. The number of aryl methyl sites for hydroxylation is 1. The van der Waals surface area contributed by atoms with Crippen LogP contribution >= 0.6 is 22.9 Å². The molecule has 5 aromatic carbocycles. The van der Waals surface area contributed by atoms with Crippen molar-refractivity contribution in [2.45, 2.75) is 72.4 Å². The molecule has 1 fully saturated rings. The van der Waals surface area contributed by atoms with Gasteiger partial charge in [-0.2, -0.15) is 0 Å². The number of piperazine rings is 1. The van der Waals surface area contributed by atoms with Crippen LogP contribution in [0.4, 0.5) is 10.1 Å². The number of methoxy groups -OCH3 is 1. The van der Waals surface area contributed by atoms with Crippen molar-refractivity contribution in [1.29, 1.82) is 0 Å². The quantitative estimate of drug-likeness (QED) is 0.0510. The minimum Gasteiger partial charge on any atom is -0.546 e. The molecule has 83 heavy (non-hydrogen) atoms. The third-order valence-electron chi connectivity index (χ3n) is 15.0. The van der Waals surface area contributed by atoms with Crippen molar-refractivity contribution < 1.29 is 47.3 Å². The van der Waals surface area contributed by atoms with E-state index in [0.717, 1.165) is 48.3 Å². The molecule has 20 heteroatoms. The SMILES string of the molecule is COc1ccccc1-c1nccc(COc2ccccc2C[C@@H](Oc2ncnc3sc(-c4ccc(F)cc4)c(-c4ccc(OCCN5CC[N+](C)(Cc6ccc(NC(=O)[C@H](C)NC(=O)[C@@H](N)C(C)C)cc6C)CC5)c(Cl)c4C)c23)C(=O)[O-])n1. The maximum Gasteiger partial charge on any atom is 0.246 e. The van der Waals surface area contributed by atoms with E-state index in [-0.39, 0.29) is 36.6 Å². The van der Waals surface area contributed by atoms with Crippen LogP contribution in [-0.4, -0.2) is 119 Å². The molecule has 4 N–H and O–H groups in total. The number of hydrogen-bond donors (Lipinski definition) is 3. The molecule has 0 bridgehead atoms. The predicted octanol–water partition coefficient (Wildman–Crippen LogP) is 8.99. The Balaban J connectivity index is 0.867. The smallest absolute Gasteiger partial charge is 0.246 e. The minimum absolute atomic E-state index is 0.00968. The standard InChI is InChI=1S/C63H67ClFN9O8S/c1-37(2)56(66)60(76)70-40(5)59(75)72-45-21-18-43(38(3)32-45)34-74(6)29-26-73(27-30-74)28-31-80-51-23-22-47(39(4)55(51)64)53-54-61(68-36-69-62(54)83-57(53)41-16-19-44(65)20-17-41)82-52(63(77)78)33-42-12-8-10-14-49(42)81-35-46-24-25-67-58(71-46)48-13-9-11-15-50(48)79-7/h8-25,32,36-37,40,52,56H,26-31,33-35,66H2,1-7H3,(H2-,70,72,75,76,77,78)/t40-,52+,56-/m0/s1. The van der Waals surface area contributed by atoms with Crippen molar-refractivity contribution in [3.8, 4) is 56.1 Å². The maximum absolute atomic E-state index is 14.4. The number of halogens is 2. The van der Waals surface area contributed by atoms with Gasteiger partial charge in [-0.15, -0.1) is 11.3 Å². The Morgan fingerprint density at radius 1 is 0.855 bits per heavy atom. The van der Waals surface area contributed by atoms with Gasteiger partial charge in [-0.1, -0.05) is 80.0 Å². The Bertz CT molecular complexity index is 3630. The van der Waals surface area contributed by atoms with Crippen molar-refractivity contribution in [3.05, 3.63) is 161 Å². The van der Waals surface area contributed by atoms with Crippen LogP contribution in [0.5, 0.6) is 23.1 Å². The van der Waals surface area contributed by atoms with E-state index in [9.17, 15) is 23.9 Å². The summed E-state index contributed by atoms with van der Waals surface area (Å²) in [7, 11) is 3.85. The Hall–Kier alpha value is -8.07. The topological polar surface area (TPSA) is 216 Å². The molecule has 9 rings (SSSR count). The Morgan fingerprint density at radius 3 is 2.31 bits per heavy atom. The fourth-order valence-corrected chi connectivity index (χ4v) is 11.3. The zero-order chi connectivity index (χ0) is 59.0. The van der Waals surface area contributed by atoms with Crippen LogP contribution in [0.15, 0.2) is 122 Å². The second-order valence-electron chi connectivity index (χ2n) is 21.4. The minimum atomic E-state index is -1.53. The van der Waals surface area contributed by atoms with E-state index >= 15 is 0 Å². The van der Waals surface area contributed by atoms with Gasteiger partial charge in [-0.3, -0.25) is 14.5 Å². The van der Waals surface area contributed by atoms with Crippen molar-refractivity contribution in [1.82, 2.24) is 30.2 Å². The highest BCUT2D eigenvalue weighted by atomic mass is 35.5. The molecule has 1 saturated heterocycles. The van der Waals surface area contributed by atoms with Gasteiger partial charge in [-0.25, -0.2) is 24.3 Å². The average molecular weight is 1160 g/mol. The normalized spacial score (nSPS) is 14.4. The number of carbonyl (C=O) groups is 3. The highest BCUT2D eigenvalue weighted by molar-refractivity contribution is 7.22. The summed E-state index contributed by atoms with van der Waals surface area (Å²) in [6.07, 6.45) is 1.29. The number of hydrogen-bond acceptors (Lipinski definition) is 15. The lowest BCUT2D eigenvalue weighted by Gasteiger charge is -2.42. The fraction of sp³-hybridized carbons (Fsp3) is 0.317. The molecule has 0 radical (unpaired) electrons. The molecule has 0 aliphatic carbocycles. The number of carbonyl (C=O) groups excluding carboxylic acids is 3. The van der Waals surface area contributed by atoms with Crippen LogP contribution in [-0.2, 0) is 34.0 Å². The van der Waals surface area contributed by atoms with Crippen LogP contribution in [0.2, 0.25) is 5.02 Å². The van der Waals surface area contributed by atoms with Gasteiger partial charge >= 0.3 is 0 Å². The number of anilines is 1. The number of ether oxygens (including phenoxy) is 4. The van der Waals surface area contributed by atoms with E-state index in [2.05, 4.69) is 43.6 Å². The van der Waals surface area contributed by atoms with Gasteiger partial charge in [-0.05, 0) is 109 Å². The van der Waals surface area contributed by atoms with E-state index in [0.29, 0.717) is 95.5 Å². The Labute approximate surface area is 491 Å². The summed E-state index contributed by atoms with van der Waals surface area (Å²) in [6, 6.07) is 30.6. The van der Waals surface area contributed by atoms with Gasteiger partial charge in [0.2, 0.25) is 17.7 Å². The molecular weight excluding hydrogens is 1100 g/mol. The number of amides is 2. The summed E-state index contributed by atoms with van der Waals surface area (Å²) in [5, 5.41) is 19.5. The number of carboxylic acids is 1. The average Bonchev–Trinajstić information content (AvgIpc) is 2.77. The molecule has 432 valence electrons. The highest BCUT2D eigenvalue weighted by Gasteiger charge is 2.31. The molecule has 1 aliphatic heterocycles. The summed E-state index contributed by atoms with van der Waals surface area (Å²) in [6.45, 7) is 14.8. The Morgan fingerprint density at radius 2 is 1.59 bits per heavy atom. The van der Waals surface area contributed by atoms with Crippen molar-refractivity contribution in [2.75, 3.05) is 58.8 Å². The largest absolute Gasteiger partial charge is 0.546 e. The number of thiophene rings is 1. The monoisotopic (exact) mass is 1160 g/mol. The third kappa shape index (κ3) is 14.2. The molecule has 0 spiro atoms. The number of nitrogens with two attached hydrogens (primary N) is 1. The second kappa shape index (κ2) is 26.4. The van der Waals surface area contributed by atoms with E-state index in [1.807, 2.05) is 76.2 Å². The summed E-state index contributed by atoms with van der Waals surface area (Å²) in [5.41, 5.74) is 13.4. The number of para-hydroxylation sites is 2. The number of fused-ring (bicyclic) bond motifs is 1. The van der Waals surface area contributed by atoms with Crippen LogP contribution in [0, 0.1) is 25.6 Å². The molecule has 3 atom stereocenters. The third-order valence-corrected chi connectivity index (χ3v) is 16.6. The molecule has 3 aromatic heterocycles. The number of quaternary nitrogens is 1. The summed E-state index contributed by atoms with van der Waals surface area (Å²) in [4.78, 5) is 60.3. The Kier molecular flexibility index (Phi) is 19.0. The first kappa shape index (κ1) is 59.5. The van der Waals surface area contributed by atoms with Crippen LogP contribution in [0.3, 0.4) is 0 Å². The zero-order valence-corrected chi connectivity index (χ0v) is 49.0. The number of benzene rings is 5. The number of aromatic nitrogens is 4. The molecule has 0 saturated carbocycles. The van der Waals surface area contributed by atoms with Gasteiger partial charge in [0, 0.05) is 53.9 Å². The maximum atomic E-state index is 14.4. The lowest BCUT2D eigenvalue weighted by atomic mass is 9.96. The highest BCUT2D eigenvalue weighted by Crippen LogP contribution is 2.49. The fourth-order valence-electron chi connectivity index (χ4n) is 9.95.